The van der Waals surface area contributed by atoms with Crippen LogP contribution in [0.25, 0.3) is 0 Å². The lowest BCUT2D eigenvalue weighted by atomic mass is 9.96. The normalized spacial score (nSPS) is 26.8. The number of hydrogen-bond donors (Lipinski definition) is 0. The highest BCUT2D eigenvalue weighted by Crippen LogP contribution is 2.22. The SMILES string of the molecule is CC(C)C1CN(C)S(=O)(=O)N(C)C1. The second-order valence-corrected chi connectivity index (χ2v) is 6.22. The number of hydrogen-bond acceptors (Lipinski definition) is 2. The van der Waals surface area contributed by atoms with E-state index >= 15 is 0 Å². The van der Waals surface area contributed by atoms with E-state index < -0.39 is 10.2 Å². The molecule has 0 aromatic carbocycles. The first-order valence-electron chi connectivity index (χ1n) is 4.53. The van der Waals surface area contributed by atoms with Gasteiger partial charge in [-0.3, -0.25) is 0 Å². The van der Waals surface area contributed by atoms with Crippen molar-refractivity contribution in [3.63, 3.8) is 0 Å². The van der Waals surface area contributed by atoms with E-state index in [1.807, 2.05) is 0 Å². The maximum Gasteiger partial charge on any atom is 0.281 e. The van der Waals surface area contributed by atoms with E-state index in [2.05, 4.69) is 13.8 Å². The summed E-state index contributed by atoms with van der Waals surface area (Å²) in [6, 6.07) is 0. The molecule has 0 N–H and O–H groups in total. The molecular weight excluding hydrogens is 188 g/mol. The van der Waals surface area contributed by atoms with Gasteiger partial charge in [-0.15, -0.1) is 0 Å². The summed E-state index contributed by atoms with van der Waals surface area (Å²) in [6.07, 6.45) is 0. The quantitative estimate of drug-likeness (QED) is 0.622. The van der Waals surface area contributed by atoms with Crippen molar-refractivity contribution in [2.75, 3.05) is 27.2 Å². The average Bonchev–Trinajstić information content (AvgIpc) is 2.00. The Bertz CT molecular complexity index is 256. The van der Waals surface area contributed by atoms with E-state index in [1.165, 1.54) is 8.61 Å². The molecule has 0 bridgehead atoms. The predicted octanol–water partition coefficient (Wildman–Crippen LogP) is 0.381. The largest absolute Gasteiger partial charge is 0.281 e. The van der Waals surface area contributed by atoms with E-state index in [1.54, 1.807) is 14.1 Å². The Morgan fingerprint density at radius 1 is 1.15 bits per heavy atom. The van der Waals surface area contributed by atoms with Gasteiger partial charge in [-0.2, -0.15) is 17.0 Å². The lowest BCUT2D eigenvalue weighted by Crippen LogP contribution is -2.51. The van der Waals surface area contributed by atoms with Gasteiger partial charge < -0.3 is 0 Å². The summed E-state index contributed by atoms with van der Waals surface area (Å²) in [4.78, 5) is 0. The topological polar surface area (TPSA) is 40.6 Å². The molecule has 0 saturated carbocycles. The zero-order valence-electron chi connectivity index (χ0n) is 8.69. The van der Waals surface area contributed by atoms with Gasteiger partial charge in [0, 0.05) is 27.2 Å². The molecule has 0 aliphatic carbocycles. The van der Waals surface area contributed by atoms with Crippen LogP contribution in [0.5, 0.6) is 0 Å². The number of rotatable bonds is 1. The first-order valence-corrected chi connectivity index (χ1v) is 5.93. The van der Waals surface area contributed by atoms with Crippen molar-refractivity contribution in [1.82, 2.24) is 8.61 Å². The van der Waals surface area contributed by atoms with Crippen LogP contribution in [0.15, 0.2) is 0 Å². The lowest BCUT2D eigenvalue weighted by molar-refractivity contribution is 0.220. The summed E-state index contributed by atoms with van der Waals surface area (Å²) in [5.74, 6) is 0.971. The maximum absolute atomic E-state index is 11.5. The van der Waals surface area contributed by atoms with E-state index in [9.17, 15) is 8.42 Å². The summed E-state index contributed by atoms with van der Waals surface area (Å²) in [7, 11) is 0.139. The maximum atomic E-state index is 11.5. The van der Waals surface area contributed by atoms with Crippen molar-refractivity contribution in [2.45, 2.75) is 13.8 Å². The molecule has 0 spiro atoms. The van der Waals surface area contributed by atoms with Crippen molar-refractivity contribution in [2.24, 2.45) is 11.8 Å². The first kappa shape index (κ1) is 10.9. The van der Waals surface area contributed by atoms with Crippen LogP contribution in [0, 0.1) is 11.8 Å². The molecule has 1 saturated heterocycles. The molecule has 0 amide bonds. The fourth-order valence-electron chi connectivity index (χ4n) is 1.57. The third kappa shape index (κ3) is 2.03. The van der Waals surface area contributed by atoms with Gasteiger partial charge in [0.1, 0.15) is 0 Å². The molecule has 1 aliphatic rings. The zero-order chi connectivity index (χ0) is 10.2. The minimum Gasteiger partial charge on any atom is -0.195 e. The molecule has 1 heterocycles. The molecule has 1 aliphatic heterocycles. The monoisotopic (exact) mass is 206 g/mol. The Hall–Kier alpha value is -0.130. The van der Waals surface area contributed by atoms with Gasteiger partial charge >= 0.3 is 0 Å². The molecule has 1 rings (SSSR count). The van der Waals surface area contributed by atoms with Crippen molar-refractivity contribution < 1.29 is 8.42 Å². The molecule has 0 aromatic rings. The highest BCUT2D eigenvalue weighted by molar-refractivity contribution is 7.86. The van der Waals surface area contributed by atoms with Crippen LogP contribution >= 0.6 is 0 Å². The molecule has 78 valence electrons. The summed E-state index contributed by atoms with van der Waals surface area (Å²) in [5, 5.41) is 0. The van der Waals surface area contributed by atoms with Crippen molar-refractivity contribution in [3.05, 3.63) is 0 Å². The molecule has 13 heavy (non-hydrogen) atoms. The molecule has 0 atom stereocenters. The van der Waals surface area contributed by atoms with Crippen molar-refractivity contribution in [1.29, 1.82) is 0 Å². The second-order valence-electron chi connectivity index (χ2n) is 4.07. The van der Waals surface area contributed by atoms with Crippen LogP contribution < -0.4 is 0 Å². The van der Waals surface area contributed by atoms with Crippen LogP contribution in [-0.4, -0.2) is 44.2 Å². The second kappa shape index (κ2) is 3.55. The zero-order valence-corrected chi connectivity index (χ0v) is 9.50. The van der Waals surface area contributed by atoms with Crippen LogP contribution in [0.2, 0.25) is 0 Å². The first-order chi connectivity index (χ1) is 5.85. The Kier molecular flexibility index (Phi) is 2.99. The number of nitrogens with zero attached hydrogens (tertiary/aromatic N) is 2. The standard InChI is InChI=1S/C8H18N2O2S/c1-7(2)8-5-9(3)13(11,12)10(4)6-8/h7-8H,5-6H2,1-4H3. The summed E-state index contributed by atoms with van der Waals surface area (Å²) in [6.45, 7) is 5.54. The van der Waals surface area contributed by atoms with Gasteiger partial charge in [0.25, 0.3) is 10.2 Å². The Morgan fingerprint density at radius 3 is 1.85 bits per heavy atom. The molecule has 0 aromatic heterocycles. The van der Waals surface area contributed by atoms with Gasteiger partial charge in [-0.05, 0) is 11.8 Å². The predicted molar refractivity (Wildman–Crippen MR) is 52.5 cm³/mol. The van der Waals surface area contributed by atoms with Gasteiger partial charge in [0.2, 0.25) is 0 Å². The van der Waals surface area contributed by atoms with Gasteiger partial charge in [0.15, 0.2) is 0 Å². The Morgan fingerprint density at radius 2 is 1.54 bits per heavy atom. The smallest absolute Gasteiger partial charge is 0.195 e. The van der Waals surface area contributed by atoms with E-state index in [4.69, 9.17) is 0 Å². The molecule has 5 heteroatoms. The van der Waals surface area contributed by atoms with Crippen LogP contribution in [-0.2, 0) is 10.2 Å². The van der Waals surface area contributed by atoms with Gasteiger partial charge in [-0.25, -0.2) is 0 Å². The van der Waals surface area contributed by atoms with E-state index in [0.717, 1.165) is 0 Å². The summed E-state index contributed by atoms with van der Waals surface area (Å²) < 4.78 is 25.9. The minimum absolute atomic E-state index is 0.443. The minimum atomic E-state index is -3.14. The molecule has 0 unspecified atom stereocenters. The molecule has 1 fully saturated rings. The Labute approximate surface area is 80.7 Å². The highest BCUT2D eigenvalue weighted by atomic mass is 32.2. The van der Waals surface area contributed by atoms with Crippen LogP contribution in [0.3, 0.4) is 0 Å². The van der Waals surface area contributed by atoms with Crippen LogP contribution in [0.1, 0.15) is 13.8 Å². The van der Waals surface area contributed by atoms with Crippen molar-refractivity contribution >= 4 is 10.2 Å². The fraction of sp³-hybridized carbons (Fsp3) is 1.00. The summed E-state index contributed by atoms with van der Waals surface area (Å²) in [5.41, 5.74) is 0. The molecule has 4 nitrogen and oxygen atoms in total. The van der Waals surface area contributed by atoms with E-state index in [-0.39, 0.29) is 0 Å². The molecule has 0 radical (unpaired) electrons. The van der Waals surface area contributed by atoms with E-state index in [0.29, 0.717) is 24.9 Å². The third-order valence-corrected chi connectivity index (χ3v) is 4.59. The Balaban J connectivity index is 2.80. The fourth-order valence-corrected chi connectivity index (χ4v) is 2.80. The molecular formula is C8H18N2O2S. The van der Waals surface area contributed by atoms with Gasteiger partial charge in [0.05, 0.1) is 0 Å². The summed E-state index contributed by atoms with van der Waals surface area (Å²) >= 11 is 0. The van der Waals surface area contributed by atoms with Gasteiger partial charge in [-0.1, -0.05) is 13.8 Å². The van der Waals surface area contributed by atoms with Crippen molar-refractivity contribution in [3.8, 4) is 0 Å². The highest BCUT2D eigenvalue weighted by Gasteiger charge is 2.34. The lowest BCUT2D eigenvalue weighted by Gasteiger charge is -2.37. The average molecular weight is 206 g/mol. The van der Waals surface area contributed by atoms with Crippen LogP contribution in [0.4, 0.5) is 0 Å². The third-order valence-electron chi connectivity index (χ3n) is 2.71.